The average Bonchev–Trinajstić information content (AvgIpc) is 3.45. The predicted octanol–water partition coefficient (Wildman–Crippen LogP) is 20.7. The standard InChI is InChI=1S/C73H74F2O4/c1-44(78-64-31-29-52(74)40-58(64)60-36-50(72(9,10)42-70(3,4)5)38-62(68(60)76)66-54-25-17-13-21-46(54)34-47-22-14-18-26-55(47)66)33-45(2)79-65-32-30-53(75)41-59(65)61-37-51(73(11,12)43-71(6,7)8)39-63(69(61)77)67-56-27-19-15-23-48(56)35-49-24-16-20-28-57(49)67/h13-32,34-41,44-45,76-77H,33,42-43H2,1-12H3. The highest BCUT2D eigenvalue weighted by Gasteiger charge is 2.33. The molecule has 0 heterocycles. The maximum absolute atomic E-state index is 15.8. The lowest BCUT2D eigenvalue weighted by molar-refractivity contribution is 0.131. The van der Waals surface area contributed by atoms with Gasteiger partial charge in [0.15, 0.2) is 0 Å². The highest BCUT2D eigenvalue weighted by molar-refractivity contribution is 6.15. The Morgan fingerprint density at radius 2 is 0.684 bits per heavy atom. The van der Waals surface area contributed by atoms with Gasteiger partial charge in [-0.15, -0.1) is 0 Å². The molecule has 0 fully saturated rings. The van der Waals surface area contributed by atoms with Crippen LogP contribution in [0.3, 0.4) is 0 Å². The molecule has 0 spiro atoms. The van der Waals surface area contributed by atoms with Crippen LogP contribution in [0.25, 0.3) is 87.6 Å². The lowest BCUT2D eigenvalue weighted by Crippen LogP contribution is -2.25. The van der Waals surface area contributed by atoms with Crippen LogP contribution in [0.15, 0.2) is 170 Å². The lowest BCUT2D eigenvalue weighted by Gasteiger charge is -2.34. The van der Waals surface area contributed by atoms with E-state index in [0.29, 0.717) is 51.3 Å². The Morgan fingerprint density at radius 1 is 0.380 bits per heavy atom. The van der Waals surface area contributed by atoms with Gasteiger partial charge in [-0.2, -0.15) is 0 Å². The molecular formula is C73H74F2O4. The summed E-state index contributed by atoms with van der Waals surface area (Å²) < 4.78 is 45.3. The van der Waals surface area contributed by atoms with Gasteiger partial charge in [-0.25, -0.2) is 8.78 Å². The average molecular weight is 1050 g/mol. The summed E-state index contributed by atoms with van der Waals surface area (Å²) in [6.45, 7) is 26.2. The summed E-state index contributed by atoms with van der Waals surface area (Å²) in [7, 11) is 0. The van der Waals surface area contributed by atoms with Gasteiger partial charge in [0.05, 0.1) is 12.2 Å². The highest BCUT2D eigenvalue weighted by Crippen LogP contribution is 2.52. The molecule has 0 aromatic heterocycles. The van der Waals surface area contributed by atoms with Crippen LogP contribution in [-0.2, 0) is 10.8 Å². The smallest absolute Gasteiger partial charge is 0.131 e. The van der Waals surface area contributed by atoms with Crippen molar-refractivity contribution in [2.75, 3.05) is 0 Å². The van der Waals surface area contributed by atoms with Crippen LogP contribution >= 0.6 is 0 Å². The van der Waals surface area contributed by atoms with Crippen molar-refractivity contribution in [2.24, 2.45) is 10.8 Å². The van der Waals surface area contributed by atoms with Crippen LogP contribution in [-0.4, -0.2) is 22.4 Å². The van der Waals surface area contributed by atoms with E-state index >= 15 is 8.78 Å². The van der Waals surface area contributed by atoms with Crippen LogP contribution in [0.4, 0.5) is 8.78 Å². The monoisotopic (exact) mass is 1050 g/mol. The predicted molar refractivity (Wildman–Crippen MR) is 327 cm³/mol. The molecule has 4 nitrogen and oxygen atoms in total. The maximum atomic E-state index is 15.8. The minimum absolute atomic E-state index is 0.0208. The van der Waals surface area contributed by atoms with Gasteiger partial charge in [0.25, 0.3) is 0 Å². The summed E-state index contributed by atoms with van der Waals surface area (Å²) in [5, 5.41) is 33.8. The van der Waals surface area contributed by atoms with E-state index < -0.39 is 23.8 Å². The van der Waals surface area contributed by atoms with Crippen molar-refractivity contribution in [3.05, 3.63) is 193 Å². The van der Waals surface area contributed by atoms with Crippen molar-refractivity contribution in [2.45, 2.75) is 125 Å². The van der Waals surface area contributed by atoms with Gasteiger partial charge in [0.2, 0.25) is 0 Å². The molecule has 0 amide bonds. The number of ether oxygens (including phenoxy) is 2. The number of phenolic OH excluding ortho intramolecular Hbond substituents is 2. The van der Waals surface area contributed by atoms with E-state index in [1.807, 2.05) is 74.5 Å². The fourth-order valence-electron chi connectivity index (χ4n) is 12.9. The molecule has 10 aromatic rings. The summed E-state index contributed by atoms with van der Waals surface area (Å²) in [6.07, 6.45) is 1.12. The van der Waals surface area contributed by atoms with Crippen LogP contribution in [0.5, 0.6) is 23.0 Å². The van der Waals surface area contributed by atoms with E-state index in [-0.39, 0.29) is 33.2 Å². The van der Waals surface area contributed by atoms with E-state index in [9.17, 15) is 10.2 Å². The molecule has 10 aromatic carbocycles. The zero-order chi connectivity index (χ0) is 56.3. The Labute approximate surface area is 465 Å². The summed E-state index contributed by atoms with van der Waals surface area (Å²) in [6, 6.07) is 54.6. The fourth-order valence-corrected chi connectivity index (χ4v) is 12.9. The second kappa shape index (κ2) is 20.8. The van der Waals surface area contributed by atoms with E-state index in [2.05, 4.69) is 142 Å². The topological polar surface area (TPSA) is 58.9 Å². The molecule has 6 heteroatoms. The Morgan fingerprint density at radius 3 is 1.00 bits per heavy atom. The number of rotatable bonds is 14. The SMILES string of the molecule is CC(CC(C)Oc1ccc(F)cc1-c1cc(C(C)(C)CC(C)(C)C)cc(-c2c3ccccc3cc3ccccc23)c1O)Oc1ccc(F)cc1-c1cc(C(C)(C)CC(C)(C)C)cc(-c2c3ccccc3cc3ccccc23)c1O. The summed E-state index contributed by atoms with van der Waals surface area (Å²) in [4.78, 5) is 0. The van der Waals surface area contributed by atoms with Crippen molar-refractivity contribution in [3.63, 3.8) is 0 Å². The Balaban J connectivity index is 1.03. The molecule has 0 aliphatic carbocycles. The van der Waals surface area contributed by atoms with Crippen molar-refractivity contribution >= 4 is 43.1 Å². The minimum atomic E-state index is -0.478. The zero-order valence-corrected chi connectivity index (χ0v) is 47.9. The molecular weight excluding hydrogens is 979 g/mol. The van der Waals surface area contributed by atoms with Crippen LogP contribution in [0.1, 0.15) is 113 Å². The maximum Gasteiger partial charge on any atom is 0.131 e. The fraction of sp³-hybridized carbons (Fsp3) is 0.288. The van der Waals surface area contributed by atoms with Gasteiger partial charge < -0.3 is 19.7 Å². The van der Waals surface area contributed by atoms with Crippen LogP contribution < -0.4 is 9.47 Å². The van der Waals surface area contributed by atoms with Gasteiger partial charge in [-0.1, -0.05) is 166 Å². The minimum Gasteiger partial charge on any atom is -0.507 e. The first-order valence-electron chi connectivity index (χ1n) is 27.8. The zero-order valence-electron chi connectivity index (χ0n) is 47.9. The molecule has 79 heavy (non-hydrogen) atoms. The Kier molecular flexibility index (Phi) is 14.4. The molecule has 0 saturated heterocycles. The van der Waals surface area contributed by atoms with Gasteiger partial charge in [0, 0.05) is 50.9 Å². The lowest BCUT2D eigenvalue weighted by atomic mass is 9.71. The van der Waals surface area contributed by atoms with Gasteiger partial charge in [0.1, 0.15) is 34.6 Å². The highest BCUT2D eigenvalue weighted by atomic mass is 19.1. The third-order valence-corrected chi connectivity index (χ3v) is 15.6. The van der Waals surface area contributed by atoms with Gasteiger partial charge in [-0.3, -0.25) is 0 Å². The molecule has 2 N–H and O–H groups in total. The first kappa shape index (κ1) is 54.6. The van der Waals surface area contributed by atoms with Crippen molar-refractivity contribution in [1.82, 2.24) is 0 Å². The van der Waals surface area contributed by atoms with Crippen LogP contribution in [0.2, 0.25) is 0 Å². The molecule has 0 saturated carbocycles. The third-order valence-electron chi connectivity index (χ3n) is 15.6. The molecule has 0 radical (unpaired) electrons. The second-order valence-corrected chi connectivity index (χ2v) is 25.8. The number of hydrogen-bond donors (Lipinski definition) is 2. The summed E-state index contributed by atoms with van der Waals surface area (Å²) in [5.74, 6) is -0.0366. The number of fused-ring (bicyclic) bond motifs is 4. The van der Waals surface area contributed by atoms with E-state index in [1.165, 1.54) is 24.3 Å². The number of hydrogen-bond acceptors (Lipinski definition) is 4. The molecule has 404 valence electrons. The number of aromatic hydroxyl groups is 2. The van der Waals surface area contributed by atoms with Crippen molar-refractivity contribution in [3.8, 4) is 67.5 Å². The summed E-state index contributed by atoms with van der Waals surface area (Å²) >= 11 is 0. The first-order chi connectivity index (χ1) is 37.3. The summed E-state index contributed by atoms with van der Waals surface area (Å²) in [5.41, 5.74) is 6.21. The Bertz CT molecular complexity index is 3580. The van der Waals surface area contributed by atoms with E-state index in [4.69, 9.17) is 9.47 Å². The normalized spacial score (nSPS) is 13.3. The van der Waals surface area contributed by atoms with Gasteiger partial charge >= 0.3 is 0 Å². The molecule has 10 rings (SSSR count). The van der Waals surface area contributed by atoms with Crippen molar-refractivity contribution < 1.29 is 28.5 Å². The van der Waals surface area contributed by atoms with Crippen LogP contribution in [0, 0.1) is 22.5 Å². The molecule has 2 atom stereocenters. The molecule has 0 bridgehead atoms. The molecule has 0 aliphatic heterocycles. The number of halogens is 2. The van der Waals surface area contributed by atoms with E-state index in [1.54, 1.807) is 12.1 Å². The quantitative estimate of drug-likeness (QED) is 0.107. The largest absolute Gasteiger partial charge is 0.507 e. The number of phenols is 2. The molecule has 0 aliphatic rings. The Hall–Kier alpha value is -7.70. The first-order valence-corrected chi connectivity index (χ1v) is 27.8. The number of benzene rings is 10. The molecule has 2 unspecified atom stereocenters. The van der Waals surface area contributed by atoms with Crippen molar-refractivity contribution in [1.29, 1.82) is 0 Å². The van der Waals surface area contributed by atoms with Gasteiger partial charge in [-0.05, 0) is 175 Å². The van der Waals surface area contributed by atoms with E-state index in [0.717, 1.165) is 78.2 Å². The third kappa shape index (κ3) is 11.3. The second-order valence-electron chi connectivity index (χ2n) is 25.8.